The van der Waals surface area contributed by atoms with Gasteiger partial charge in [-0.2, -0.15) is 0 Å². The molecule has 3 heteroatoms. The number of hydrogen-bond acceptors (Lipinski definition) is 2. The Morgan fingerprint density at radius 2 is 1.20 bits per heavy atom. The Labute approximate surface area is 320 Å². The zero-order valence-corrected chi connectivity index (χ0v) is 30.1. The molecule has 2 aliphatic rings. The third kappa shape index (κ3) is 5.04. The zero-order chi connectivity index (χ0) is 36.3. The second-order valence-corrected chi connectivity index (χ2v) is 14.4. The fraction of sp³-hybridized carbons (Fsp3) is 0.0385. The quantitative estimate of drug-likeness (QED) is 0.171. The number of benzene rings is 8. The van der Waals surface area contributed by atoms with Crippen molar-refractivity contribution < 1.29 is 4.74 Å². The van der Waals surface area contributed by atoms with Crippen LogP contribution in [0.4, 0.5) is 11.4 Å². The minimum absolute atomic E-state index is 0.0613. The van der Waals surface area contributed by atoms with Gasteiger partial charge in [0.15, 0.2) is 0 Å². The Morgan fingerprint density at radius 1 is 0.527 bits per heavy atom. The largest absolute Gasteiger partial charge is 0.485 e. The zero-order valence-electron chi connectivity index (χ0n) is 30.1. The van der Waals surface area contributed by atoms with E-state index in [4.69, 9.17) is 4.74 Å². The number of fused-ring (bicyclic) bond motifs is 7. The van der Waals surface area contributed by atoms with Gasteiger partial charge in [0.25, 0.3) is 0 Å². The topological polar surface area (TPSA) is 17.4 Å². The van der Waals surface area contributed by atoms with E-state index in [2.05, 4.69) is 210 Å². The van der Waals surface area contributed by atoms with E-state index in [0.717, 1.165) is 51.6 Å². The average molecular weight is 705 g/mol. The highest BCUT2D eigenvalue weighted by molar-refractivity contribution is 6.12. The molecule has 2 heterocycles. The first kappa shape index (κ1) is 31.4. The van der Waals surface area contributed by atoms with Crippen LogP contribution in [0.25, 0.3) is 66.1 Å². The molecule has 260 valence electrons. The summed E-state index contributed by atoms with van der Waals surface area (Å²) in [5, 5.41) is 4.92. The minimum atomic E-state index is -0.0613. The Morgan fingerprint density at radius 3 is 2.05 bits per heavy atom. The van der Waals surface area contributed by atoms with Gasteiger partial charge < -0.3 is 14.2 Å². The highest BCUT2D eigenvalue weighted by Crippen LogP contribution is 2.49. The number of para-hydroxylation sites is 4. The molecule has 11 rings (SSSR count). The molecule has 0 amide bonds. The van der Waals surface area contributed by atoms with Crippen LogP contribution in [-0.4, -0.2) is 10.7 Å². The van der Waals surface area contributed by atoms with Gasteiger partial charge in [0.2, 0.25) is 0 Å². The van der Waals surface area contributed by atoms with E-state index in [1.165, 1.54) is 49.3 Å². The van der Waals surface area contributed by atoms with Gasteiger partial charge in [-0.1, -0.05) is 152 Å². The fourth-order valence-electron chi connectivity index (χ4n) is 8.92. The van der Waals surface area contributed by atoms with Gasteiger partial charge in [0, 0.05) is 45.3 Å². The number of aromatic nitrogens is 1. The molecule has 0 saturated carbocycles. The van der Waals surface area contributed by atoms with Crippen molar-refractivity contribution in [3.8, 4) is 33.7 Å². The molecule has 0 saturated heterocycles. The Bertz CT molecular complexity index is 2990. The van der Waals surface area contributed by atoms with E-state index in [9.17, 15) is 0 Å². The van der Waals surface area contributed by atoms with Gasteiger partial charge in [-0.3, -0.25) is 0 Å². The smallest absolute Gasteiger partial charge is 0.130 e. The van der Waals surface area contributed by atoms with E-state index in [-0.39, 0.29) is 6.10 Å². The van der Waals surface area contributed by atoms with Gasteiger partial charge >= 0.3 is 0 Å². The van der Waals surface area contributed by atoms with Crippen LogP contribution >= 0.6 is 0 Å². The molecule has 0 radical (unpaired) electrons. The summed E-state index contributed by atoms with van der Waals surface area (Å²) in [6.45, 7) is 0. The highest BCUT2D eigenvalue weighted by atomic mass is 16.5. The number of allylic oxidation sites excluding steroid dienone is 1. The van der Waals surface area contributed by atoms with Gasteiger partial charge in [0.05, 0.1) is 22.4 Å². The SMILES string of the molecule is C1=CC(N(c2ccc3c4ccccc4n(-c4ccccc4)c3c2)c2ccccc2-c2cccc3cccc(-c4ccccc4)c23)=C2c3ccccc3OC2C1. The molecule has 3 nitrogen and oxygen atoms in total. The summed E-state index contributed by atoms with van der Waals surface area (Å²) in [5.74, 6) is 0.943. The number of ether oxygens (including phenoxy) is 1. The maximum absolute atomic E-state index is 6.65. The third-order valence-electron chi connectivity index (χ3n) is 11.3. The maximum Gasteiger partial charge on any atom is 0.130 e. The summed E-state index contributed by atoms with van der Waals surface area (Å²) >= 11 is 0. The summed E-state index contributed by atoms with van der Waals surface area (Å²) in [6.07, 6.45) is 5.35. The molecular weight excluding hydrogens is 669 g/mol. The molecule has 1 atom stereocenters. The van der Waals surface area contributed by atoms with E-state index < -0.39 is 0 Å². The van der Waals surface area contributed by atoms with Crippen molar-refractivity contribution in [1.29, 1.82) is 0 Å². The number of hydrogen-bond donors (Lipinski definition) is 0. The van der Waals surface area contributed by atoms with Gasteiger partial charge in [-0.25, -0.2) is 0 Å². The van der Waals surface area contributed by atoms with Crippen molar-refractivity contribution in [1.82, 2.24) is 4.57 Å². The maximum atomic E-state index is 6.65. The van der Waals surface area contributed by atoms with Crippen LogP contribution in [0.5, 0.6) is 5.75 Å². The predicted molar refractivity (Wildman–Crippen MR) is 229 cm³/mol. The standard InChI is InChI=1S/C52H36N2O/c1-3-16-35(17-4-1)39-25-13-18-36-19-14-26-43(51(36)39)41-23-8-11-28-46(41)54(47-29-15-31-50-52(47)44-24-9-12-30-49(44)55-50)38-32-33-42-40-22-7-10-27-45(40)53(48(42)34-38)37-20-5-2-6-21-37/h1-30,32-34,50H,31H2. The molecule has 1 unspecified atom stereocenters. The molecule has 1 aliphatic carbocycles. The van der Waals surface area contributed by atoms with E-state index in [0.29, 0.717) is 0 Å². The van der Waals surface area contributed by atoms with Crippen molar-refractivity contribution in [3.63, 3.8) is 0 Å². The molecule has 0 spiro atoms. The van der Waals surface area contributed by atoms with Gasteiger partial charge in [-0.05, 0) is 76.0 Å². The second-order valence-electron chi connectivity index (χ2n) is 14.4. The summed E-state index contributed by atoms with van der Waals surface area (Å²) in [4.78, 5) is 2.48. The van der Waals surface area contributed by atoms with Crippen LogP contribution in [0.1, 0.15) is 12.0 Å². The van der Waals surface area contributed by atoms with Crippen LogP contribution in [-0.2, 0) is 0 Å². The second kappa shape index (κ2) is 12.8. The monoisotopic (exact) mass is 704 g/mol. The number of anilines is 2. The predicted octanol–water partition coefficient (Wildman–Crippen LogP) is 13.5. The molecule has 9 aromatic rings. The minimum Gasteiger partial charge on any atom is -0.485 e. The van der Waals surface area contributed by atoms with E-state index >= 15 is 0 Å². The van der Waals surface area contributed by atoms with Crippen molar-refractivity contribution in [2.24, 2.45) is 0 Å². The summed E-state index contributed by atoms with van der Waals surface area (Å²) in [7, 11) is 0. The molecule has 0 N–H and O–H groups in total. The normalized spacial score (nSPS) is 14.7. The first-order valence-corrected chi connectivity index (χ1v) is 19.0. The lowest BCUT2D eigenvalue weighted by Gasteiger charge is -2.32. The van der Waals surface area contributed by atoms with Crippen molar-refractivity contribution in [3.05, 3.63) is 211 Å². The van der Waals surface area contributed by atoms with Crippen LogP contribution < -0.4 is 9.64 Å². The van der Waals surface area contributed by atoms with E-state index in [1.807, 2.05) is 0 Å². The number of rotatable bonds is 6. The lowest BCUT2D eigenvalue weighted by atomic mass is 9.89. The lowest BCUT2D eigenvalue weighted by molar-refractivity contribution is 0.278. The average Bonchev–Trinajstić information content (AvgIpc) is 3.80. The Kier molecular flexibility index (Phi) is 7.31. The molecule has 8 aromatic carbocycles. The molecule has 0 bridgehead atoms. The third-order valence-corrected chi connectivity index (χ3v) is 11.3. The molecule has 1 aliphatic heterocycles. The van der Waals surface area contributed by atoms with Gasteiger partial charge in [-0.15, -0.1) is 0 Å². The molecule has 0 fully saturated rings. The first-order chi connectivity index (χ1) is 27.3. The van der Waals surface area contributed by atoms with Crippen LogP contribution in [0.15, 0.2) is 206 Å². The molecular formula is C52H36N2O. The Balaban J connectivity index is 1.22. The molecule has 1 aromatic heterocycles. The summed E-state index contributed by atoms with van der Waals surface area (Å²) in [5.41, 5.74) is 14.0. The van der Waals surface area contributed by atoms with Gasteiger partial charge in [0.1, 0.15) is 11.9 Å². The van der Waals surface area contributed by atoms with E-state index in [1.54, 1.807) is 0 Å². The molecule has 55 heavy (non-hydrogen) atoms. The highest BCUT2D eigenvalue weighted by Gasteiger charge is 2.35. The summed E-state index contributed by atoms with van der Waals surface area (Å²) < 4.78 is 9.05. The van der Waals surface area contributed by atoms with Crippen molar-refractivity contribution in [2.45, 2.75) is 12.5 Å². The van der Waals surface area contributed by atoms with Crippen LogP contribution in [0.3, 0.4) is 0 Å². The first-order valence-electron chi connectivity index (χ1n) is 19.0. The van der Waals surface area contributed by atoms with Crippen LogP contribution in [0.2, 0.25) is 0 Å². The van der Waals surface area contributed by atoms with Crippen LogP contribution in [0, 0.1) is 0 Å². The fourth-order valence-corrected chi connectivity index (χ4v) is 8.92. The number of nitrogens with zero attached hydrogens (tertiary/aromatic N) is 2. The lowest BCUT2D eigenvalue weighted by Crippen LogP contribution is -2.24. The van der Waals surface area contributed by atoms with Crippen molar-refractivity contribution in [2.75, 3.05) is 4.90 Å². The van der Waals surface area contributed by atoms with Crippen molar-refractivity contribution >= 4 is 49.5 Å². The Hall–Kier alpha value is -7.10. The summed E-state index contributed by atoms with van der Waals surface area (Å²) in [6, 6.07) is 68.0.